The fourth-order valence-electron chi connectivity index (χ4n) is 4.00. The minimum atomic E-state index is -0.786. The van der Waals surface area contributed by atoms with E-state index in [1.54, 1.807) is 18.0 Å². The minimum Gasteiger partial charge on any atom is -0.466 e. The van der Waals surface area contributed by atoms with Crippen molar-refractivity contribution in [1.29, 1.82) is 0 Å². The van der Waals surface area contributed by atoms with E-state index in [0.717, 1.165) is 16.9 Å². The third-order valence-corrected chi connectivity index (χ3v) is 6.32. The first-order valence-corrected chi connectivity index (χ1v) is 10.9. The Morgan fingerprint density at radius 2 is 2.24 bits per heavy atom. The number of halogens is 1. The number of carbonyl (C=O) groups excluding carboxylic acids is 2. The number of amides is 1. The number of nitrogens with zero attached hydrogens (tertiary/aromatic N) is 3. The Bertz CT molecular complexity index is 1020. The molecule has 0 unspecified atom stereocenters. The number of piperidine rings is 1. The van der Waals surface area contributed by atoms with Gasteiger partial charge in [0.05, 0.1) is 12.0 Å². The lowest BCUT2D eigenvalue weighted by molar-refractivity contribution is -0.158. The molecule has 1 amide bonds. The minimum absolute atomic E-state index is 0.152. The molecular weight excluding hydrogens is 410 g/mol. The molecule has 0 bridgehead atoms. The van der Waals surface area contributed by atoms with E-state index in [2.05, 4.69) is 4.98 Å². The Kier molecular flexibility index (Phi) is 5.61. The predicted molar refractivity (Wildman–Crippen MR) is 112 cm³/mol. The number of esters is 1. The van der Waals surface area contributed by atoms with Crippen molar-refractivity contribution in [2.75, 3.05) is 19.7 Å². The lowest BCUT2D eigenvalue weighted by Crippen LogP contribution is -2.51. The molecule has 152 valence electrons. The Balaban J connectivity index is 1.61. The molecule has 1 atom stereocenters. The van der Waals surface area contributed by atoms with Crippen molar-refractivity contribution in [2.45, 2.75) is 26.2 Å². The highest BCUT2D eigenvalue weighted by atomic mass is 35.5. The molecular formula is C21H22ClN3O3S. The summed E-state index contributed by atoms with van der Waals surface area (Å²) in [7, 11) is 0. The van der Waals surface area contributed by atoms with Gasteiger partial charge < -0.3 is 9.64 Å². The molecule has 0 aliphatic carbocycles. The molecule has 1 saturated heterocycles. The summed E-state index contributed by atoms with van der Waals surface area (Å²) in [6.45, 7) is 3.01. The lowest BCUT2D eigenvalue weighted by Gasteiger charge is -2.41. The molecule has 0 saturated carbocycles. The first kappa shape index (κ1) is 19.9. The van der Waals surface area contributed by atoms with Crippen LogP contribution in [0.3, 0.4) is 0 Å². The second-order valence-corrected chi connectivity index (χ2v) is 8.67. The van der Waals surface area contributed by atoms with Gasteiger partial charge in [-0.2, -0.15) is 0 Å². The third kappa shape index (κ3) is 4.02. The van der Waals surface area contributed by atoms with Crippen LogP contribution in [0, 0.1) is 5.41 Å². The number of likely N-dealkylation sites (tertiary alicyclic amines) is 1. The molecule has 29 heavy (non-hydrogen) atoms. The van der Waals surface area contributed by atoms with Crippen LogP contribution in [-0.2, 0) is 16.0 Å². The standard InChI is InChI=1S/C21H22ClN3O3S/c1-2-28-19(27)21(12-15-5-3-6-16(22)11-15)7-4-8-25(14-21)18(26)17-13-24-9-10-29-20(24)23-17/h3,5-6,9-11,13H,2,4,7-8,12,14H2,1H3/t21-/m0/s1. The number of ether oxygens (including phenoxy) is 1. The zero-order valence-corrected chi connectivity index (χ0v) is 17.7. The number of imidazole rings is 1. The van der Waals surface area contributed by atoms with Gasteiger partial charge in [-0.3, -0.25) is 14.0 Å². The molecule has 0 N–H and O–H groups in total. The summed E-state index contributed by atoms with van der Waals surface area (Å²) in [5.74, 6) is -0.413. The molecule has 2 aromatic heterocycles. The highest BCUT2D eigenvalue weighted by Gasteiger charge is 2.45. The molecule has 1 aliphatic heterocycles. The van der Waals surface area contributed by atoms with E-state index in [9.17, 15) is 9.59 Å². The fourth-order valence-corrected chi connectivity index (χ4v) is 4.92. The Morgan fingerprint density at radius 1 is 1.38 bits per heavy atom. The quantitative estimate of drug-likeness (QED) is 0.571. The highest BCUT2D eigenvalue weighted by molar-refractivity contribution is 7.15. The number of fused-ring (bicyclic) bond motifs is 1. The molecule has 1 aliphatic rings. The zero-order chi connectivity index (χ0) is 20.4. The van der Waals surface area contributed by atoms with Crippen molar-refractivity contribution in [3.63, 3.8) is 0 Å². The van der Waals surface area contributed by atoms with E-state index in [4.69, 9.17) is 16.3 Å². The number of hydrogen-bond acceptors (Lipinski definition) is 5. The van der Waals surface area contributed by atoms with Crippen molar-refractivity contribution in [3.05, 3.63) is 58.3 Å². The third-order valence-electron chi connectivity index (χ3n) is 5.32. The monoisotopic (exact) mass is 431 g/mol. The van der Waals surface area contributed by atoms with E-state index < -0.39 is 5.41 Å². The molecule has 6 nitrogen and oxygen atoms in total. The summed E-state index contributed by atoms with van der Waals surface area (Å²) in [4.78, 5) is 33.1. The Hall–Kier alpha value is -2.38. The smallest absolute Gasteiger partial charge is 0.314 e. The largest absolute Gasteiger partial charge is 0.466 e. The van der Waals surface area contributed by atoms with Crippen molar-refractivity contribution >= 4 is 39.8 Å². The second kappa shape index (κ2) is 8.16. The van der Waals surface area contributed by atoms with E-state index >= 15 is 0 Å². The van der Waals surface area contributed by atoms with Crippen LogP contribution >= 0.6 is 22.9 Å². The number of hydrogen-bond donors (Lipinski definition) is 0. The maximum atomic E-state index is 13.1. The molecule has 0 radical (unpaired) electrons. The summed E-state index contributed by atoms with van der Waals surface area (Å²) in [6, 6.07) is 7.51. The summed E-state index contributed by atoms with van der Waals surface area (Å²) in [5.41, 5.74) is 0.577. The fraction of sp³-hybridized carbons (Fsp3) is 0.381. The average molecular weight is 432 g/mol. The summed E-state index contributed by atoms with van der Waals surface area (Å²) >= 11 is 7.63. The van der Waals surface area contributed by atoms with Gasteiger partial charge in [0.1, 0.15) is 5.69 Å². The van der Waals surface area contributed by atoms with Gasteiger partial charge in [0, 0.05) is 35.9 Å². The summed E-state index contributed by atoms with van der Waals surface area (Å²) < 4.78 is 7.27. The molecule has 0 spiro atoms. The number of carbonyl (C=O) groups is 2. The van der Waals surface area contributed by atoms with E-state index in [1.165, 1.54) is 11.3 Å². The van der Waals surface area contributed by atoms with Crippen molar-refractivity contribution in [2.24, 2.45) is 5.41 Å². The number of benzene rings is 1. The van der Waals surface area contributed by atoms with Crippen LogP contribution in [-0.4, -0.2) is 45.9 Å². The normalized spacial score (nSPS) is 19.4. The maximum Gasteiger partial charge on any atom is 0.314 e. The van der Waals surface area contributed by atoms with Crippen LogP contribution in [0.5, 0.6) is 0 Å². The summed E-state index contributed by atoms with van der Waals surface area (Å²) in [5, 5.41) is 2.55. The predicted octanol–water partition coefficient (Wildman–Crippen LogP) is 4.08. The van der Waals surface area contributed by atoms with Gasteiger partial charge in [-0.1, -0.05) is 23.7 Å². The van der Waals surface area contributed by atoms with Gasteiger partial charge in [0.25, 0.3) is 5.91 Å². The van der Waals surface area contributed by atoms with Gasteiger partial charge in [-0.25, -0.2) is 4.98 Å². The van der Waals surface area contributed by atoms with Crippen molar-refractivity contribution < 1.29 is 14.3 Å². The van der Waals surface area contributed by atoms with Crippen LogP contribution in [0.4, 0.5) is 0 Å². The average Bonchev–Trinajstić information content (AvgIpc) is 3.30. The van der Waals surface area contributed by atoms with Crippen LogP contribution in [0.2, 0.25) is 5.02 Å². The number of thiazole rings is 1. The van der Waals surface area contributed by atoms with Gasteiger partial charge in [0.15, 0.2) is 4.96 Å². The molecule has 1 fully saturated rings. The van der Waals surface area contributed by atoms with Crippen molar-refractivity contribution in [1.82, 2.24) is 14.3 Å². The van der Waals surface area contributed by atoms with E-state index in [-0.39, 0.29) is 11.9 Å². The molecule has 1 aromatic carbocycles. The van der Waals surface area contributed by atoms with Gasteiger partial charge in [-0.05, 0) is 43.9 Å². The van der Waals surface area contributed by atoms with Crippen molar-refractivity contribution in [3.8, 4) is 0 Å². The summed E-state index contributed by atoms with van der Waals surface area (Å²) in [6.07, 6.45) is 5.50. The maximum absolute atomic E-state index is 13.1. The number of rotatable bonds is 5. The SMILES string of the molecule is CCOC(=O)[C@]1(Cc2cccc(Cl)c2)CCCN(C(=O)c2cn3ccsc3n2)C1. The lowest BCUT2D eigenvalue weighted by atomic mass is 9.75. The van der Waals surface area contributed by atoms with Gasteiger partial charge in [-0.15, -0.1) is 11.3 Å². The molecule has 8 heteroatoms. The van der Waals surface area contributed by atoms with Crippen LogP contribution in [0.25, 0.3) is 4.96 Å². The Labute approximate surface area is 178 Å². The van der Waals surface area contributed by atoms with Gasteiger partial charge >= 0.3 is 5.97 Å². The van der Waals surface area contributed by atoms with E-state index in [1.807, 2.05) is 40.2 Å². The molecule has 3 heterocycles. The Morgan fingerprint density at radius 3 is 3.00 bits per heavy atom. The molecule has 4 rings (SSSR count). The van der Waals surface area contributed by atoms with Crippen LogP contribution < -0.4 is 0 Å². The van der Waals surface area contributed by atoms with E-state index in [0.29, 0.717) is 43.3 Å². The first-order chi connectivity index (χ1) is 14.0. The second-order valence-electron chi connectivity index (χ2n) is 7.36. The molecule has 3 aromatic rings. The highest BCUT2D eigenvalue weighted by Crippen LogP contribution is 2.36. The van der Waals surface area contributed by atoms with Crippen LogP contribution in [0.1, 0.15) is 35.8 Å². The first-order valence-electron chi connectivity index (χ1n) is 9.64. The zero-order valence-electron chi connectivity index (χ0n) is 16.1. The van der Waals surface area contributed by atoms with Gasteiger partial charge in [0.2, 0.25) is 0 Å². The van der Waals surface area contributed by atoms with Crippen LogP contribution in [0.15, 0.2) is 42.0 Å². The topological polar surface area (TPSA) is 63.9 Å². The number of aromatic nitrogens is 2.